The average molecular weight is 393 g/mol. The third-order valence-electron chi connectivity index (χ3n) is 9.14. The summed E-state index contributed by atoms with van der Waals surface area (Å²) in [4.78, 5) is 0. The lowest BCUT2D eigenvalue weighted by Gasteiger charge is -2.41. The highest BCUT2D eigenvalue weighted by atomic mass is 19.1. The molecular weight excluding hydrogens is 343 g/mol. The van der Waals surface area contributed by atoms with Crippen molar-refractivity contribution in [3.05, 3.63) is 0 Å². The molecule has 164 valence electrons. The molecule has 3 fully saturated rings. The van der Waals surface area contributed by atoms with Crippen molar-refractivity contribution < 1.29 is 4.39 Å². The maximum Gasteiger partial charge on any atom is 0.0894 e. The number of hydrogen-bond donors (Lipinski definition) is 0. The molecule has 3 aliphatic rings. The standard InChI is InChI=1S/C27H49F/c1-2-3-4-5-7-22-9-13-24(14-10-22)26-17-19-27(20-18-26)25-15-11-23(12-16-25)8-6-21-28/h22-27H,2-21H2,1H3. The molecule has 0 amide bonds. The van der Waals surface area contributed by atoms with Crippen LogP contribution in [0.1, 0.15) is 129 Å². The van der Waals surface area contributed by atoms with E-state index >= 15 is 0 Å². The van der Waals surface area contributed by atoms with Gasteiger partial charge in [0.1, 0.15) is 0 Å². The molecule has 0 spiro atoms. The predicted molar refractivity (Wildman–Crippen MR) is 120 cm³/mol. The summed E-state index contributed by atoms with van der Waals surface area (Å²) in [5.74, 6) is 6.11. The van der Waals surface area contributed by atoms with Gasteiger partial charge in [-0.05, 0) is 99.7 Å². The quantitative estimate of drug-likeness (QED) is 0.325. The number of alkyl halides is 1. The smallest absolute Gasteiger partial charge is 0.0894 e. The summed E-state index contributed by atoms with van der Waals surface area (Å²) in [6.07, 6.45) is 27.3. The van der Waals surface area contributed by atoms with Crippen LogP contribution in [-0.2, 0) is 0 Å². The van der Waals surface area contributed by atoms with Gasteiger partial charge in [0.15, 0.2) is 0 Å². The molecule has 28 heavy (non-hydrogen) atoms. The Morgan fingerprint density at radius 2 is 0.893 bits per heavy atom. The third kappa shape index (κ3) is 7.02. The van der Waals surface area contributed by atoms with Gasteiger partial charge < -0.3 is 0 Å². The van der Waals surface area contributed by atoms with Crippen LogP contribution in [0.15, 0.2) is 0 Å². The van der Waals surface area contributed by atoms with E-state index in [1.54, 1.807) is 25.7 Å². The second kappa shape index (κ2) is 12.6. The molecule has 0 radical (unpaired) electrons. The lowest BCUT2D eigenvalue weighted by Crippen LogP contribution is -2.29. The molecule has 0 N–H and O–H groups in total. The van der Waals surface area contributed by atoms with Crippen LogP contribution in [-0.4, -0.2) is 6.67 Å². The van der Waals surface area contributed by atoms with Crippen molar-refractivity contribution >= 4 is 0 Å². The third-order valence-corrected chi connectivity index (χ3v) is 9.14. The zero-order valence-electron chi connectivity index (χ0n) is 19.0. The van der Waals surface area contributed by atoms with E-state index in [9.17, 15) is 4.39 Å². The summed E-state index contributed by atoms with van der Waals surface area (Å²) in [5.41, 5.74) is 0. The van der Waals surface area contributed by atoms with Crippen molar-refractivity contribution in [1.82, 2.24) is 0 Å². The summed E-state index contributed by atoms with van der Waals surface area (Å²) < 4.78 is 12.4. The second-order valence-corrected chi connectivity index (χ2v) is 10.9. The topological polar surface area (TPSA) is 0 Å². The van der Waals surface area contributed by atoms with Gasteiger partial charge in [0.25, 0.3) is 0 Å². The molecule has 0 bridgehead atoms. The van der Waals surface area contributed by atoms with Crippen LogP contribution < -0.4 is 0 Å². The molecule has 3 rings (SSSR count). The minimum atomic E-state index is -0.106. The van der Waals surface area contributed by atoms with Crippen LogP contribution in [0.5, 0.6) is 0 Å². The van der Waals surface area contributed by atoms with Gasteiger partial charge in [-0.3, -0.25) is 4.39 Å². The first-order valence-corrected chi connectivity index (χ1v) is 13.4. The highest BCUT2D eigenvalue weighted by molar-refractivity contribution is 4.85. The lowest BCUT2D eigenvalue weighted by molar-refractivity contribution is 0.102. The fourth-order valence-electron chi connectivity index (χ4n) is 7.21. The SMILES string of the molecule is CCCCCCC1CCC(C2CCC(C3CCC(CCCF)CC3)CC2)CC1. The summed E-state index contributed by atoms with van der Waals surface area (Å²) in [5, 5.41) is 0. The number of halogens is 1. The molecule has 0 unspecified atom stereocenters. The van der Waals surface area contributed by atoms with Crippen LogP contribution >= 0.6 is 0 Å². The van der Waals surface area contributed by atoms with Gasteiger partial charge in [-0.1, -0.05) is 64.7 Å². The Labute approximate surface area is 175 Å². The summed E-state index contributed by atoms with van der Waals surface area (Å²) in [6.45, 7) is 2.21. The highest BCUT2D eigenvalue weighted by Gasteiger charge is 2.34. The average Bonchev–Trinajstić information content (AvgIpc) is 2.76. The highest BCUT2D eigenvalue weighted by Crippen LogP contribution is 2.46. The van der Waals surface area contributed by atoms with Gasteiger partial charge in [0.05, 0.1) is 6.67 Å². The number of rotatable bonds is 10. The minimum absolute atomic E-state index is 0.106. The first-order valence-electron chi connectivity index (χ1n) is 13.4. The maximum absolute atomic E-state index is 12.4. The van der Waals surface area contributed by atoms with Gasteiger partial charge in [-0.2, -0.15) is 0 Å². The second-order valence-electron chi connectivity index (χ2n) is 10.9. The first kappa shape index (κ1) is 22.6. The van der Waals surface area contributed by atoms with E-state index in [1.807, 2.05) is 0 Å². The Balaban J connectivity index is 1.29. The number of unbranched alkanes of at least 4 members (excludes halogenated alkanes) is 3. The monoisotopic (exact) mass is 392 g/mol. The molecule has 0 aliphatic heterocycles. The van der Waals surface area contributed by atoms with Gasteiger partial charge in [-0.25, -0.2) is 0 Å². The summed E-state index contributed by atoms with van der Waals surface area (Å²) in [6, 6.07) is 0. The molecule has 0 nitrogen and oxygen atoms in total. The predicted octanol–water partition coefficient (Wildman–Crippen LogP) is 9.13. The van der Waals surface area contributed by atoms with Crippen LogP contribution in [0, 0.1) is 35.5 Å². The molecule has 0 saturated heterocycles. The molecule has 0 aromatic carbocycles. The van der Waals surface area contributed by atoms with Crippen molar-refractivity contribution in [2.45, 2.75) is 129 Å². The molecular formula is C27H49F. The van der Waals surface area contributed by atoms with Gasteiger partial charge in [0, 0.05) is 0 Å². The summed E-state index contributed by atoms with van der Waals surface area (Å²) >= 11 is 0. The Morgan fingerprint density at radius 3 is 1.29 bits per heavy atom. The van der Waals surface area contributed by atoms with E-state index in [4.69, 9.17) is 0 Å². The van der Waals surface area contributed by atoms with Crippen molar-refractivity contribution in [2.24, 2.45) is 35.5 Å². The van der Waals surface area contributed by atoms with Crippen molar-refractivity contribution in [2.75, 3.05) is 6.67 Å². The molecule has 1 heteroatoms. The van der Waals surface area contributed by atoms with Crippen molar-refractivity contribution in [3.8, 4) is 0 Å². The number of hydrogen-bond acceptors (Lipinski definition) is 0. The van der Waals surface area contributed by atoms with Crippen LogP contribution in [0.3, 0.4) is 0 Å². The van der Waals surface area contributed by atoms with Crippen molar-refractivity contribution in [3.63, 3.8) is 0 Å². The van der Waals surface area contributed by atoms with E-state index in [0.29, 0.717) is 0 Å². The molecule has 3 aliphatic carbocycles. The molecule has 0 aromatic heterocycles. The van der Waals surface area contributed by atoms with E-state index in [2.05, 4.69) is 6.92 Å². The zero-order valence-corrected chi connectivity index (χ0v) is 19.0. The molecule has 0 heterocycles. The largest absolute Gasteiger partial charge is 0.251 e. The molecule has 0 atom stereocenters. The Kier molecular flexibility index (Phi) is 10.2. The van der Waals surface area contributed by atoms with Crippen LogP contribution in [0.2, 0.25) is 0 Å². The summed E-state index contributed by atoms with van der Waals surface area (Å²) in [7, 11) is 0. The molecule has 0 aromatic rings. The lowest BCUT2D eigenvalue weighted by atomic mass is 9.64. The van der Waals surface area contributed by atoms with E-state index in [0.717, 1.165) is 48.3 Å². The van der Waals surface area contributed by atoms with Crippen molar-refractivity contribution in [1.29, 1.82) is 0 Å². The van der Waals surface area contributed by atoms with Crippen LogP contribution in [0.4, 0.5) is 4.39 Å². The Bertz CT molecular complexity index is 381. The minimum Gasteiger partial charge on any atom is -0.251 e. The zero-order chi connectivity index (χ0) is 19.6. The van der Waals surface area contributed by atoms with Crippen LogP contribution in [0.25, 0.3) is 0 Å². The first-order chi connectivity index (χ1) is 13.8. The maximum atomic E-state index is 12.4. The fourth-order valence-corrected chi connectivity index (χ4v) is 7.21. The van der Waals surface area contributed by atoms with Gasteiger partial charge in [-0.15, -0.1) is 0 Å². The van der Waals surface area contributed by atoms with E-state index < -0.39 is 0 Å². The van der Waals surface area contributed by atoms with E-state index in [-0.39, 0.29) is 6.67 Å². The van der Waals surface area contributed by atoms with Gasteiger partial charge >= 0.3 is 0 Å². The fraction of sp³-hybridized carbons (Fsp3) is 1.00. The van der Waals surface area contributed by atoms with E-state index in [1.165, 1.54) is 83.5 Å². The Morgan fingerprint density at radius 1 is 0.500 bits per heavy atom. The van der Waals surface area contributed by atoms with Gasteiger partial charge in [0.2, 0.25) is 0 Å². The normalized spacial score (nSPS) is 37.1. The Hall–Kier alpha value is -0.0700. The molecule has 3 saturated carbocycles.